The zero-order valence-corrected chi connectivity index (χ0v) is 19.5. The molecule has 2 aromatic carbocycles. The minimum Gasteiger partial charge on any atom is -0.478 e. The lowest BCUT2D eigenvalue weighted by Gasteiger charge is -2.26. The van der Waals surface area contributed by atoms with Crippen LogP contribution in [0.1, 0.15) is 50.0 Å². The summed E-state index contributed by atoms with van der Waals surface area (Å²) in [6.07, 6.45) is -4.55. The Kier molecular flexibility index (Phi) is 7.27. The third-order valence-corrected chi connectivity index (χ3v) is 6.93. The maximum atomic E-state index is 14.0. The van der Waals surface area contributed by atoms with Gasteiger partial charge in [-0.2, -0.15) is 18.4 Å². The van der Waals surface area contributed by atoms with Gasteiger partial charge in [-0.05, 0) is 54.3 Å². The standard InChI is InChI=1S/C23H16Cl2F3NO3S/c1-11-7-19(33-20(11)10-29)21(23(26,27)28)12(2)15-5-3-13(8-17(15)24)32-14-4-6-16(22(30)31)18(25)9-14/h3-9,12,21H,1-2H3,(H,30,31). The number of halogens is 5. The Morgan fingerprint density at radius 3 is 2.21 bits per heavy atom. The molecular formula is C23H16Cl2F3NO3S. The van der Waals surface area contributed by atoms with E-state index in [1.807, 2.05) is 6.07 Å². The van der Waals surface area contributed by atoms with Gasteiger partial charge < -0.3 is 9.84 Å². The summed E-state index contributed by atoms with van der Waals surface area (Å²) in [7, 11) is 0. The summed E-state index contributed by atoms with van der Waals surface area (Å²) in [5, 5.41) is 18.2. The fraction of sp³-hybridized carbons (Fsp3) is 0.217. The largest absolute Gasteiger partial charge is 0.478 e. The van der Waals surface area contributed by atoms with Gasteiger partial charge in [-0.25, -0.2) is 4.79 Å². The second-order valence-corrected chi connectivity index (χ2v) is 9.21. The van der Waals surface area contributed by atoms with Crippen molar-refractivity contribution in [3.8, 4) is 17.6 Å². The van der Waals surface area contributed by atoms with Crippen LogP contribution in [0.2, 0.25) is 10.0 Å². The number of benzene rings is 2. The van der Waals surface area contributed by atoms with Crippen LogP contribution in [0.25, 0.3) is 0 Å². The summed E-state index contributed by atoms with van der Waals surface area (Å²) in [4.78, 5) is 11.4. The lowest BCUT2D eigenvalue weighted by atomic mass is 9.85. The number of carbonyl (C=O) groups is 1. The fourth-order valence-corrected chi connectivity index (χ4v) is 5.25. The molecule has 33 heavy (non-hydrogen) atoms. The first-order valence-corrected chi connectivity index (χ1v) is 11.1. The number of nitriles is 1. The number of hydrogen-bond donors (Lipinski definition) is 1. The van der Waals surface area contributed by atoms with Gasteiger partial charge in [0.2, 0.25) is 0 Å². The van der Waals surface area contributed by atoms with Gasteiger partial charge in [-0.15, -0.1) is 11.3 Å². The van der Waals surface area contributed by atoms with Crippen molar-refractivity contribution in [3.63, 3.8) is 0 Å². The van der Waals surface area contributed by atoms with Gasteiger partial charge in [0, 0.05) is 16.0 Å². The minimum absolute atomic E-state index is 0.0210. The van der Waals surface area contributed by atoms with Crippen molar-refractivity contribution in [1.29, 1.82) is 5.26 Å². The molecule has 1 aromatic heterocycles. The van der Waals surface area contributed by atoms with Crippen LogP contribution in [0.15, 0.2) is 42.5 Å². The molecule has 0 aliphatic carbocycles. The molecule has 0 aliphatic rings. The summed E-state index contributed by atoms with van der Waals surface area (Å²) >= 11 is 13.1. The molecule has 2 atom stereocenters. The summed E-state index contributed by atoms with van der Waals surface area (Å²) in [5.74, 6) is -3.56. The zero-order valence-electron chi connectivity index (χ0n) is 17.2. The van der Waals surface area contributed by atoms with Crippen molar-refractivity contribution < 1.29 is 27.8 Å². The average Bonchev–Trinajstić information content (AvgIpc) is 3.06. The van der Waals surface area contributed by atoms with Crippen LogP contribution in [-0.2, 0) is 0 Å². The Hall–Kier alpha value is -2.73. The van der Waals surface area contributed by atoms with E-state index in [2.05, 4.69) is 0 Å². The minimum atomic E-state index is -4.55. The van der Waals surface area contributed by atoms with E-state index in [-0.39, 0.29) is 42.4 Å². The van der Waals surface area contributed by atoms with Crippen molar-refractivity contribution in [1.82, 2.24) is 0 Å². The first-order chi connectivity index (χ1) is 15.4. The lowest BCUT2D eigenvalue weighted by Crippen LogP contribution is -2.25. The molecule has 0 saturated heterocycles. The van der Waals surface area contributed by atoms with Crippen LogP contribution in [0.4, 0.5) is 13.2 Å². The van der Waals surface area contributed by atoms with E-state index in [9.17, 15) is 18.0 Å². The Balaban J connectivity index is 1.90. The van der Waals surface area contributed by atoms with Crippen LogP contribution < -0.4 is 4.74 Å². The highest BCUT2D eigenvalue weighted by Crippen LogP contribution is 2.49. The first-order valence-electron chi connectivity index (χ1n) is 9.49. The van der Waals surface area contributed by atoms with Crippen LogP contribution in [-0.4, -0.2) is 17.3 Å². The van der Waals surface area contributed by atoms with Gasteiger partial charge in [-0.1, -0.05) is 36.2 Å². The molecule has 0 bridgehead atoms. The Labute approximate surface area is 201 Å². The van der Waals surface area contributed by atoms with Gasteiger partial charge in [-0.3, -0.25) is 0 Å². The van der Waals surface area contributed by atoms with Crippen molar-refractivity contribution in [3.05, 3.63) is 79.0 Å². The second kappa shape index (κ2) is 9.64. The summed E-state index contributed by atoms with van der Waals surface area (Å²) < 4.78 is 47.7. The number of carboxylic acid groups (broad SMARTS) is 1. The molecule has 1 N–H and O–H groups in total. The SMILES string of the molecule is Cc1cc(C(C(C)c2ccc(Oc3ccc(C(=O)O)c(Cl)c3)cc2Cl)C(F)(F)F)sc1C#N. The van der Waals surface area contributed by atoms with E-state index in [0.717, 1.165) is 11.3 Å². The molecule has 0 radical (unpaired) electrons. The molecular weight excluding hydrogens is 498 g/mol. The quantitative estimate of drug-likeness (QED) is 0.360. The topological polar surface area (TPSA) is 70.3 Å². The maximum absolute atomic E-state index is 14.0. The average molecular weight is 514 g/mol. The number of aromatic carboxylic acids is 1. The molecule has 0 fully saturated rings. The van der Waals surface area contributed by atoms with Gasteiger partial charge in [0.15, 0.2) is 0 Å². The summed E-state index contributed by atoms with van der Waals surface area (Å²) in [6, 6.07) is 11.7. The number of nitrogens with zero attached hydrogens (tertiary/aromatic N) is 1. The van der Waals surface area contributed by atoms with Crippen LogP contribution in [0.3, 0.4) is 0 Å². The summed E-state index contributed by atoms with van der Waals surface area (Å²) in [5.41, 5.74) is 0.685. The third kappa shape index (κ3) is 5.44. The highest BCUT2D eigenvalue weighted by Gasteiger charge is 2.46. The predicted molar refractivity (Wildman–Crippen MR) is 121 cm³/mol. The maximum Gasteiger partial charge on any atom is 0.397 e. The van der Waals surface area contributed by atoms with Crippen LogP contribution >= 0.6 is 34.5 Å². The number of alkyl halides is 3. The zero-order chi connectivity index (χ0) is 24.5. The number of rotatable bonds is 6. The number of carboxylic acids is 1. The number of aryl methyl sites for hydroxylation is 1. The Morgan fingerprint density at radius 1 is 1.12 bits per heavy atom. The first kappa shape index (κ1) is 24.9. The molecule has 0 amide bonds. The molecule has 2 unspecified atom stereocenters. The van der Waals surface area contributed by atoms with Gasteiger partial charge >= 0.3 is 12.1 Å². The molecule has 0 aliphatic heterocycles. The Bertz CT molecular complexity index is 1250. The smallest absolute Gasteiger partial charge is 0.397 e. The highest BCUT2D eigenvalue weighted by molar-refractivity contribution is 7.12. The summed E-state index contributed by atoms with van der Waals surface area (Å²) in [6.45, 7) is 3.04. The van der Waals surface area contributed by atoms with Gasteiger partial charge in [0.25, 0.3) is 0 Å². The fourth-order valence-electron chi connectivity index (χ4n) is 3.45. The monoisotopic (exact) mass is 513 g/mol. The number of ether oxygens (including phenoxy) is 1. The Morgan fingerprint density at radius 2 is 1.73 bits per heavy atom. The number of thiophene rings is 1. The van der Waals surface area contributed by atoms with Crippen molar-refractivity contribution in [2.24, 2.45) is 0 Å². The van der Waals surface area contributed by atoms with Crippen molar-refractivity contribution >= 4 is 40.5 Å². The normalized spacial score (nSPS) is 13.3. The molecule has 1 heterocycles. The van der Waals surface area contributed by atoms with E-state index in [4.69, 9.17) is 38.3 Å². The van der Waals surface area contributed by atoms with Crippen LogP contribution in [0, 0.1) is 18.3 Å². The molecule has 3 rings (SSSR count). The van der Waals surface area contributed by atoms with Crippen molar-refractivity contribution in [2.75, 3.05) is 0 Å². The molecule has 10 heteroatoms. The van der Waals surface area contributed by atoms with Gasteiger partial charge in [0.1, 0.15) is 22.4 Å². The van der Waals surface area contributed by atoms with E-state index in [1.54, 1.807) is 6.92 Å². The van der Waals surface area contributed by atoms with E-state index in [1.165, 1.54) is 49.4 Å². The van der Waals surface area contributed by atoms with Crippen LogP contribution in [0.5, 0.6) is 11.5 Å². The molecule has 0 spiro atoms. The van der Waals surface area contributed by atoms with E-state index >= 15 is 0 Å². The molecule has 3 aromatic rings. The van der Waals surface area contributed by atoms with Crippen molar-refractivity contribution in [2.45, 2.75) is 31.9 Å². The number of hydrogen-bond acceptors (Lipinski definition) is 4. The second-order valence-electron chi connectivity index (χ2n) is 7.31. The molecule has 0 saturated carbocycles. The van der Waals surface area contributed by atoms with Gasteiger partial charge in [0.05, 0.1) is 16.5 Å². The lowest BCUT2D eigenvalue weighted by molar-refractivity contribution is -0.154. The molecule has 4 nitrogen and oxygen atoms in total. The molecule has 172 valence electrons. The third-order valence-electron chi connectivity index (χ3n) is 5.07. The highest BCUT2D eigenvalue weighted by atomic mass is 35.5. The predicted octanol–water partition coefficient (Wildman–Crippen LogP) is 8.18. The van der Waals surface area contributed by atoms with E-state index in [0.29, 0.717) is 5.56 Å². The van der Waals surface area contributed by atoms with E-state index < -0.39 is 24.0 Å².